The highest BCUT2D eigenvalue weighted by atomic mass is 19.1. The van der Waals surface area contributed by atoms with Crippen molar-refractivity contribution in [2.45, 2.75) is 12.5 Å². The molecule has 3 nitrogen and oxygen atoms in total. The molecule has 2 aromatic carbocycles. The number of hydrogen-bond donors (Lipinski definition) is 1. The first kappa shape index (κ1) is 13.6. The number of fused-ring (bicyclic) bond motifs is 1. The van der Waals surface area contributed by atoms with Gasteiger partial charge in [0, 0.05) is 18.4 Å². The molecule has 0 aliphatic rings. The Kier molecular flexibility index (Phi) is 3.88. The second-order valence-corrected chi connectivity index (χ2v) is 4.94. The first-order chi connectivity index (χ1) is 10.3. The average molecular weight is 281 g/mol. The van der Waals surface area contributed by atoms with Gasteiger partial charge in [0.1, 0.15) is 5.82 Å². The van der Waals surface area contributed by atoms with Gasteiger partial charge in [0.05, 0.1) is 11.0 Å². The van der Waals surface area contributed by atoms with Crippen LogP contribution in [0.15, 0.2) is 54.9 Å². The van der Waals surface area contributed by atoms with Crippen LogP contribution in [0.1, 0.15) is 17.2 Å². The average Bonchev–Trinajstić information content (AvgIpc) is 2.54. The molecule has 0 bridgehead atoms. The van der Waals surface area contributed by atoms with Crippen molar-refractivity contribution in [3.8, 4) is 0 Å². The molecule has 0 aliphatic heterocycles. The number of halogens is 1. The maximum Gasteiger partial charge on any atom is 0.126 e. The highest BCUT2D eigenvalue weighted by Gasteiger charge is 2.13. The molecule has 0 fully saturated rings. The Morgan fingerprint density at radius 3 is 2.57 bits per heavy atom. The molecule has 0 spiro atoms. The zero-order valence-electron chi connectivity index (χ0n) is 11.8. The second kappa shape index (κ2) is 5.97. The molecule has 1 atom stereocenters. The van der Waals surface area contributed by atoms with Gasteiger partial charge in [-0.15, -0.1) is 0 Å². The molecule has 1 heterocycles. The summed E-state index contributed by atoms with van der Waals surface area (Å²) in [4.78, 5) is 8.58. The van der Waals surface area contributed by atoms with Crippen LogP contribution in [0.5, 0.6) is 0 Å². The Labute approximate surface area is 122 Å². The number of aromatic nitrogens is 2. The van der Waals surface area contributed by atoms with Gasteiger partial charge in [0.15, 0.2) is 0 Å². The topological polar surface area (TPSA) is 37.8 Å². The van der Waals surface area contributed by atoms with Gasteiger partial charge in [-0.25, -0.2) is 4.39 Å². The van der Waals surface area contributed by atoms with Gasteiger partial charge in [0.25, 0.3) is 0 Å². The molecule has 3 aromatic rings. The summed E-state index contributed by atoms with van der Waals surface area (Å²) < 4.78 is 13.8. The Bertz CT molecular complexity index is 758. The van der Waals surface area contributed by atoms with Crippen molar-refractivity contribution in [3.05, 3.63) is 71.8 Å². The summed E-state index contributed by atoms with van der Waals surface area (Å²) >= 11 is 0. The van der Waals surface area contributed by atoms with Crippen molar-refractivity contribution in [1.29, 1.82) is 0 Å². The smallest absolute Gasteiger partial charge is 0.126 e. The van der Waals surface area contributed by atoms with Gasteiger partial charge < -0.3 is 5.32 Å². The number of rotatable bonds is 4. The minimum absolute atomic E-state index is 0.0355. The Hall–Kier alpha value is -2.33. The Morgan fingerprint density at radius 1 is 1.05 bits per heavy atom. The maximum absolute atomic E-state index is 13.8. The summed E-state index contributed by atoms with van der Waals surface area (Å²) in [5.41, 5.74) is 3.50. The van der Waals surface area contributed by atoms with Gasteiger partial charge in [-0.1, -0.05) is 24.3 Å². The van der Waals surface area contributed by atoms with Gasteiger partial charge >= 0.3 is 0 Å². The molecule has 0 amide bonds. The largest absolute Gasteiger partial charge is 0.313 e. The van der Waals surface area contributed by atoms with Crippen molar-refractivity contribution >= 4 is 11.0 Å². The molecule has 0 saturated carbocycles. The van der Waals surface area contributed by atoms with Crippen molar-refractivity contribution in [2.24, 2.45) is 0 Å². The van der Waals surface area contributed by atoms with Crippen LogP contribution in [0.4, 0.5) is 4.39 Å². The molecule has 0 radical (unpaired) electrons. The molecule has 3 rings (SSSR count). The summed E-state index contributed by atoms with van der Waals surface area (Å²) in [5, 5.41) is 3.24. The maximum atomic E-state index is 13.8. The molecule has 1 aromatic heterocycles. The number of benzene rings is 2. The summed E-state index contributed by atoms with van der Waals surface area (Å²) in [6, 6.07) is 12.9. The molecule has 4 heteroatoms. The lowest BCUT2D eigenvalue weighted by Crippen LogP contribution is -2.19. The van der Waals surface area contributed by atoms with E-state index in [0.29, 0.717) is 12.0 Å². The Balaban J connectivity index is 1.93. The first-order valence-electron chi connectivity index (χ1n) is 6.89. The van der Waals surface area contributed by atoms with E-state index >= 15 is 0 Å². The minimum Gasteiger partial charge on any atom is -0.313 e. The highest BCUT2D eigenvalue weighted by molar-refractivity contribution is 5.74. The lowest BCUT2D eigenvalue weighted by molar-refractivity contribution is 0.554. The van der Waals surface area contributed by atoms with Crippen LogP contribution in [-0.2, 0) is 6.42 Å². The molecular weight excluding hydrogens is 265 g/mol. The van der Waals surface area contributed by atoms with E-state index in [9.17, 15) is 4.39 Å². The van der Waals surface area contributed by atoms with Gasteiger partial charge in [-0.05, 0) is 42.8 Å². The van der Waals surface area contributed by atoms with E-state index in [1.807, 2.05) is 37.4 Å². The van der Waals surface area contributed by atoms with Crippen molar-refractivity contribution in [2.75, 3.05) is 7.05 Å². The highest BCUT2D eigenvalue weighted by Crippen LogP contribution is 2.22. The Morgan fingerprint density at radius 2 is 1.81 bits per heavy atom. The van der Waals surface area contributed by atoms with Crippen LogP contribution in [0, 0.1) is 5.82 Å². The van der Waals surface area contributed by atoms with Crippen LogP contribution < -0.4 is 5.32 Å². The van der Waals surface area contributed by atoms with Crippen molar-refractivity contribution in [3.63, 3.8) is 0 Å². The van der Waals surface area contributed by atoms with Crippen LogP contribution >= 0.6 is 0 Å². The third-order valence-electron chi connectivity index (χ3n) is 3.63. The third kappa shape index (κ3) is 2.90. The van der Waals surface area contributed by atoms with E-state index in [4.69, 9.17) is 0 Å². The number of likely N-dealkylation sites (N-methyl/N-ethyl adjacent to an activating group) is 1. The normalized spacial score (nSPS) is 12.5. The molecular formula is C17H16FN3. The standard InChI is InChI=1S/C17H16FN3/c1-19-16(10-12-4-2-3-5-14(12)18)13-6-7-15-17(11-13)21-9-8-20-15/h2-9,11,16,19H,10H2,1H3. The van der Waals surface area contributed by atoms with Crippen LogP contribution in [0.25, 0.3) is 11.0 Å². The van der Waals surface area contributed by atoms with Gasteiger partial charge in [-0.3, -0.25) is 9.97 Å². The molecule has 106 valence electrons. The fourth-order valence-corrected chi connectivity index (χ4v) is 2.47. The summed E-state index contributed by atoms with van der Waals surface area (Å²) in [7, 11) is 1.88. The van der Waals surface area contributed by atoms with E-state index in [1.54, 1.807) is 18.5 Å². The second-order valence-electron chi connectivity index (χ2n) is 4.94. The fraction of sp³-hybridized carbons (Fsp3) is 0.176. The van der Waals surface area contributed by atoms with E-state index in [0.717, 1.165) is 16.6 Å². The fourth-order valence-electron chi connectivity index (χ4n) is 2.47. The molecule has 1 unspecified atom stereocenters. The molecule has 0 saturated heterocycles. The van der Waals surface area contributed by atoms with E-state index in [-0.39, 0.29) is 11.9 Å². The van der Waals surface area contributed by atoms with Crippen molar-refractivity contribution in [1.82, 2.24) is 15.3 Å². The van der Waals surface area contributed by atoms with Crippen LogP contribution in [0.3, 0.4) is 0 Å². The van der Waals surface area contributed by atoms with E-state index in [1.165, 1.54) is 6.07 Å². The zero-order valence-corrected chi connectivity index (χ0v) is 11.8. The minimum atomic E-state index is -0.168. The molecule has 21 heavy (non-hydrogen) atoms. The van der Waals surface area contributed by atoms with Gasteiger partial charge in [0.2, 0.25) is 0 Å². The van der Waals surface area contributed by atoms with E-state index < -0.39 is 0 Å². The summed E-state index contributed by atoms with van der Waals surface area (Å²) in [6.07, 6.45) is 3.95. The predicted octanol–water partition coefficient (Wildman–Crippen LogP) is 3.27. The lowest BCUT2D eigenvalue weighted by Gasteiger charge is -2.17. The molecule has 1 N–H and O–H groups in total. The van der Waals surface area contributed by atoms with Gasteiger partial charge in [-0.2, -0.15) is 0 Å². The van der Waals surface area contributed by atoms with Crippen molar-refractivity contribution < 1.29 is 4.39 Å². The number of nitrogens with one attached hydrogen (secondary N) is 1. The van der Waals surface area contributed by atoms with Crippen LogP contribution in [-0.4, -0.2) is 17.0 Å². The first-order valence-corrected chi connectivity index (χ1v) is 6.89. The third-order valence-corrected chi connectivity index (χ3v) is 3.63. The SMILES string of the molecule is CNC(Cc1ccccc1F)c1ccc2nccnc2c1. The van der Waals surface area contributed by atoms with Crippen LogP contribution in [0.2, 0.25) is 0 Å². The zero-order chi connectivity index (χ0) is 14.7. The number of hydrogen-bond acceptors (Lipinski definition) is 3. The monoisotopic (exact) mass is 281 g/mol. The lowest BCUT2D eigenvalue weighted by atomic mass is 9.98. The summed E-state index contributed by atoms with van der Waals surface area (Å²) in [5.74, 6) is -0.168. The number of nitrogens with zero attached hydrogens (tertiary/aromatic N) is 2. The predicted molar refractivity (Wildman–Crippen MR) is 81.4 cm³/mol. The summed E-state index contributed by atoms with van der Waals surface area (Å²) in [6.45, 7) is 0. The quantitative estimate of drug-likeness (QED) is 0.797. The molecule has 0 aliphatic carbocycles. The van der Waals surface area contributed by atoms with E-state index in [2.05, 4.69) is 15.3 Å².